The molecule has 56 valence electrons. The van der Waals surface area contributed by atoms with E-state index < -0.39 is 0 Å². The van der Waals surface area contributed by atoms with Gasteiger partial charge in [0, 0.05) is 19.8 Å². The molecule has 0 radical (unpaired) electrons. The summed E-state index contributed by atoms with van der Waals surface area (Å²) in [4.78, 5) is 4.04. The van der Waals surface area contributed by atoms with E-state index in [0.29, 0.717) is 6.54 Å². The van der Waals surface area contributed by atoms with Crippen molar-refractivity contribution in [2.45, 2.75) is 6.04 Å². The zero-order chi connectivity index (χ0) is 7.56. The lowest BCUT2D eigenvalue weighted by Crippen LogP contribution is -2.20. The monoisotopic (exact) mass is 140 g/mol. The molecule has 0 saturated carbocycles. The van der Waals surface area contributed by atoms with Gasteiger partial charge in [-0.3, -0.25) is 0 Å². The standard InChI is InChI=1S/C6H12N4/c1-10-3-6(9-4-10)5(8)2-7/h3-5H,2,7-8H2,1H3. The summed E-state index contributed by atoms with van der Waals surface area (Å²) in [5.74, 6) is 0. The van der Waals surface area contributed by atoms with E-state index in [1.807, 2.05) is 17.8 Å². The van der Waals surface area contributed by atoms with Gasteiger partial charge >= 0.3 is 0 Å². The quantitative estimate of drug-likeness (QED) is 0.575. The van der Waals surface area contributed by atoms with Gasteiger partial charge in [0.2, 0.25) is 0 Å². The highest BCUT2D eigenvalue weighted by atomic mass is 15.0. The molecule has 1 heterocycles. The van der Waals surface area contributed by atoms with Gasteiger partial charge in [-0.05, 0) is 0 Å². The van der Waals surface area contributed by atoms with Crippen molar-refractivity contribution in [3.8, 4) is 0 Å². The summed E-state index contributed by atoms with van der Waals surface area (Å²) in [6.07, 6.45) is 3.59. The molecule has 4 N–H and O–H groups in total. The molecule has 0 aliphatic rings. The summed E-state index contributed by atoms with van der Waals surface area (Å²) in [5, 5.41) is 0. The van der Waals surface area contributed by atoms with Gasteiger partial charge in [-0.25, -0.2) is 4.98 Å². The van der Waals surface area contributed by atoms with Crippen LogP contribution in [0.25, 0.3) is 0 Å². The lowest BCUT2D eigenvalue weighted by atomic mass is 10.2. The summed E-state index contributed by atoms with van der Waals surface area (Å²) < 4.78 is 1.85. The second-order valence-corrected chi connectivity index (χ2v) is 2.31. The van der Waals surface area contributed by atoms with E-state index in [1.54, 1.807) is 6.33 Å². The Labute approximate surface area is 59.8 Å². The van der Waals surface area contributed by atoms with Crippen molar-refractivity contribution >= 4 is 0 Å². The number of nitrogens with zero attached hydrogens (tertiary/aromatic N) is 2. The summed E-state index contributed by atoms with van der Waals surface area (Å²) >= 11 is 0. The highest BCUT2D eigenvalue weighted by molar-refractivity contribution is 5.02. The molecule has 0 aliphatic heterocycles. The molecule has 1 aromatic heterocycles. The van der Waals surface area contributed by atoms with Crippen LogP contribution < -0.4 is 11.5 Å². The van der Waals surface area contributed by atoms with Crippen LogP contribution in [0.3, 0.4) is 0 Å². The average molecular weight is 140 g/mol. The lowest BCUT2D eigenvalue weighted by molar-refractivity contribution is 0.715. The van der Waals surface area contributed by atoms with Crippen molar-refractivity contribution in [1.82, 2.24) is 9.55 Å². The first-order valence-corrected chi connectivity index (χ1v) is 3.17. The normalized spacial score (nSPS) is 13.5. The number of rotatable bonds is 2. The van der Waals surface area contributed by atoms with E-state index in [0.717, 1.165) is 5.69 Å². The van der Waals surface area contributed by atoms with Gasteiger partial charge in [0.15, 0.2) is 0 Å². The van der Waals surface area contributed by atoms with Gasteiger partial charge in [-0.15, -0.1) is 0 Å². The molecule has 0 saturated heterocycles. The van der Waals surface area contributed by atoms with E-state index in [9.17, 15) is 0 Å². The van der Waals surface area contributed by atoms with Crippen molar-refractivity contribution in [2.75, 3.05) is 6.54 Å². The Morgan fingerprint density at radius 1 is 1.80 bits per heavy atom. The van der Waals surface area contributed by atoms with Gasteiger partial charge in [0.25, 0.3) is 0 Å². The van der Waals surface area contributed by atoms with E-state index in [-0.39, 0.29) is 6.04 Å². The fourth-order valence-corrected chi connectivity index (χ4v) is 0.745. The maximum absolute atomic E-state index is 5.61. The zero-order valence-corrected chi connectivity index (χ0v) is 5.99. The minimum Gasteiger partial charge on any atom is -0.340 e. The van der Waals surface area contributed by atoms with Gasteiger partial charge < -0.3 is 16.0 Å². The molecule has 0 spiro atoms. The topological polar surface area (TPSA) is 69.9 Å². The minimum atomic E-state index is -0.124. The molecule has 1 unspecified atom stereocenters. The van der Waals surface area contributed by atoms with Crippen LogP contribution in [-0.4, -0.2) is 16.1 Å². The van der Waals surface area contributed by atoms with Crippen molar-refractivity contribution in [2.24, 2.45) is 18.5 Å². The fraction of sp³-hybridized carbons (Fsp3) is 0.500. The number of nitrogens with two attached hydrogens (primary N) is 2. The smallest absolute Gasteiger partial charge is 0.0947 e. The third kappa shape index (κ3) is 1.34. The third-order valence-corrected chi connectivity index (χ3v) is 1.36. The van der Waals surface area contributed by atoms with Gasteiger partial charge in [-0.2, -0.15) is 0 Å². The van der Waals surface area contributed by atoms with Crippen molar-refractivity contribution in [1.29, 1.82) is 0 Å². The highest BCUT2D eigenvalue weighted by Crippen LogP contribution is 2.02. The fourth-order valence-electron chi connectivity index (χ4n) is 0.745. The van der Waals surface area contributed by atoms with Gasteiger partial charge in [-0.1, -0.05) is 0 Å². The van der Waals surface area contributed by atoms with Crippen LogP contribution in [0.4, 0.5) is 0 Å². The van der Waals surface area contributed by atoms with Crippen LogP contribution in [-0.2, 0) is 7.05 Å². The first-order chi connectivity index (χ1) is 4.74. The highest BCUT2D eigenvalue weighted by Gasteiger charge is 2.04. The summed E-state index contributed by atoms with van der Waals surface area (Å²) in [5.41, 5.74) is 11.8. The molecule has 0 bridgehead atoms. The molecule has 10 heavy (non-hydrogen) atoms. The van der Waals surface area contributed by atoms with Crippen LogP contribution in [0, 0.1) is 0 Å². The number of aromatic nitrogens is 2. The molecule has 1 aromatic rings. The maximum Gasteiger partial charge on any atom is 0.0947 e. The number of hydrogen-bond acceptors (Lipinski definition) is 3. The van der Waals surface area contributed by atoms with Crippen LogP contribution in [0.15, 0.2) is 12.5 Å². The van der Waals surface area contributed by atoms with Crippen molar-refractivity contribution in [3.05, 3.63) is 18.2 Å². The Morgan fingerprint density at radius 3 is 2.90 bits per heavy atom. The molecule has 4 heteroatoms. The second-order valence-electron chi connectivity index (χ2n) is 2.31. The molecule has 0 amide bonds. The first-order valence-electron chi connectivity index (χ1n) is 3.17. The predicted molar refractivity (Wildman–Crippen MR) is 39.2 cm³/mol. The van der Waals surface area contributed by atoms with E-state index >= 15 is 0 Å². The molecular weight excluding hydrogens is 128 g/mol. The summed E-state index contributed by atoms with van der Waals surface area (Å²) in [6.45, 7) is 0.441. The van der Waals surface area contributed by atoms with Crippen LogP contribution >= 0.6 is 0 Å². The Morgan fingerprint density at radius 2 is 2.50 bits per heavy atom. The summed E-state index contributed by atoms with van der Waals surface area (Å²) in [6, 6.07) is -0.124. The Kier molecular flexibility index (Phi) is 2.03. The maximum atomic E-state index is 5.61. The van der Waals surface area contributed by atoms with Crippen LogP contribution in [0.5, 0.6) is 0 Å². The molecule has 0 aromatic carbocycles. The van der Waals surface area contributed by atoms with Crippen LogP contribution in [0.2, 0.25) is 0 Å². The van der Waals surface area contributed by atoms with E-state index in [1.165, 1.54) is 0 Å². The number of aryl methyl sites for hydroxylation is 1. The van der Waals surface area contributed by atoms with E-state index in [2.05, 4.69) is 4.98 Å². The molecule has 1 rings (SSSR count). The Bertz CT molecular complexity index is 205. The third-order valence-electron chi connectivity index (χ3n) is 1.36. The molecule has 1 atom stereocenters. The van der Waals surface area contributed by atoms with Crippen LogP contribution in [0.1, 0.15) is 11.7 Å². The molecule has 0 fully saturated rings. The van der Waals surface area contributed by atoms with Gasteiger partial charge in [0.05, 0.1) is 18.1 Å². The second kappa shape index (κ2) is 2.81. The largest absolute Gasteiger partial charge is 0.340 e. The van der Waals surface area contributed by atoms with Crippen molar-refractivity contribution < 1.29 is 0 Å². The number of hydrogen-bond donors (Lipinski definition) is 2. The Balaban J connectivity index is 2.74. The molecular formula is C6H12N4. The minimum absolute atomic E-state index is 0.124. The van der Waals surface area contributed by atoms with Gasteiger partial charge in [0.1, 0.15) is 0 Å². The average Bonchev–Trinajstić information content (AvgIpc) is 2.34. The Hall–Kier alpha value is -0.870. The first kappa shape index (κ1) is 7.24. The predicted octanol–water partition coefficient (Wildman–Crippen LogP) is -0.621. The van der Waals surface area contributed by atoms with Crippen molar-refractivity contribution in [3.63, 3.8) is 0 Å². The SMILES string of the molecule is Cn1cnc(C(N)CN)c1. The summed E-state index contributed by atoms with van der Waals surface area (Å²) in [7, 11) is 1.90. The molecule has 0 aliphatic carbocycles. The lowest BCUT2D eigenvalue weighted by Gasteiger charge is -2.02. The van der Waals surface area contributed by atoms with E-state index in [4.69, 9.17) is 11.5 Å². The molecule has 4 nitrogen and oxygen atoms in total. The number of imidazole rings is 1. The zero-order valence-electron chi connectivity index (χ0n) is 5.99.